The molecule has 0 spiro atoms. The Morgan fingerprint density at radius 1 is 0.931 bits per heavy atom. The van der Waals surface area contributed by atoms with Crippen LogP contribution in [0.25, 0.3) is 0 Å². The summed E-state index contributed by atoms with van der Waals surface area (Å²) in [6.45, 7) is 4.58. The molecule has 0 N–H and O–H groups in total. The monoisotopic (exact) mass is 383 g/mol. The van der Waals surface area contributed by atoms with Gasteiger partial charge in [0.1, 0.15) is 0 Å². The summed E-state index contributed by atoms with van der Waals surface area (Å²) in [5.41, 5.74) is 4.93. The van der Waals surface area contributed by atoms with E-state index in [4.69, 9.17) is 0 Å². The molecule has 2 heterocycles. The second-order valence-electron chi connectivity index (χ2n) is 8.60. The lowest BCUT2D eigenvalue weighted by atomic mass is 9.78. The highest BCUT2D eigenvalue weighted by Gasteiger charge is 2.46. The number of allylic oxidation sites excluding steroid dienone is 1. The van der Waals surface area contributed by atoms with Crippen molar-refractivity contribution in [2.45, 2.75) is 44.6 Å². The van der Waals surface area contributed by atoms with Crippen LogP contribution in [0.5, 0.6) is 0 Å². The number of quaternary nitrogens is 1. The Hall–Kier alpha value is -2.98. The fourth-order valence-electron chi connectivity index (χ4n) is 4.49. The maximum atomic E-state index is 4.48. The first-order valence-electron chi connectivity index (χ1n) is 10.4. The van der Waals surface area contributed by atoms with Gasteiger partial charge < -0.3 is 0 Å². The van der Waals surface area contributed by atoms with Crippen molar-refractivity contribution in [3.8, 4) is 0 Å². The molecule has 1 fully saturated rings. The predicted molar refractivity (Wildman–Crippen MR) is 120 cm³/mol. The van der Waals surface area contributed by atoms with Gasteiger partial charge in [0.2, 0.25) is 12.0 Å². The van der Waals surface area contributed by atoms with Crippen LogP contribution in [0.4, 0.5) is 5.69 Å². The molecule has 2 aromatic rings. The average Bonchev–Trinajstić information content (AvgIpc) is 3.16. The molecule has 0 saturated heterocycles. The van der Waals surface area contributed by atoms with Crippen molar-refractivity contribution in [2.24, 2.45) is 9.98 Å². The summed E-state index contributed by atoms with van der Waals surface area (Å²) < 4.78 is 0.510. The zero-order valence-corrected chi connectivity index (χ0v) is 17.1. The minimum absolute atomic E-state index is 0.0362. The summed E-state index contributed by atoms with van der Waals surface area (Å²) in [5, 5.41) is 2.49. The van der Waals surface area contributed by atoms with Gasteiger partial charge in [-0.25, -0.2) is 10.0 Å². The van der Waals surface area contributed by atoms with Gasteiger partial charge in [0.25, 0.3) is 0 Å². The molecule has 5 rings (SSSR count). The van der Waals surface area contributed by atoms with E-state index in [0.717, 1.165) is 5.70 Å². The molecule has 0 aromatic heterocycles. The first kappa shape index (κ1) is 18.1. The summed E-state index contributed by atoms with van der Waals surface area (Å²) in [5.74, 6) is 0. The van der Waals surface area contributed by atoms with Crippen molar-refractivity contribution in [2.75, 3.05) is 5.01 Å². The van der Waals surface area contributed by atoms with E-state index in [1.165, 1.54) is 36.1 Å². The Morgan fingerprint density at radius 2 is 1.66 bits per heavy atom. The molecule has 2 aromatic carbocycles. The van der Waals surface area contributed by atoms with E-state index in [2.05, 4.69) is 89.6 Å². The molecule has 4 nitrogen and oxygen atoms in total. The summed E-state index contributed by atoms with van der Waals surface area (Å²) in [6, 6.07) is 20.3. The van der Waals surface area contributed by atoms with Gasteiger partial charge in [0.15, 0.2) is 6.20 Å². The first-order valence-corrected chi connectivity index (χ1v) is 10.4. The first-order chi connectivity index (χ1) is 14.1. The lowest BCUT2D eigenvalue weighted by Crippen LogP contribution is -2.61. The summed E-state index contributed by atoms with van der Waals surface area (Å²) in [6.07, 6.45) is 13.6. The SMILES string of the molecule is CC(C)(c1ccccc1)c1ccc(N(C2CCC2)[N+]23C=CN=CC2=CN=C3)cc1. The lowest BCUT2D eigenvalue weighted by Gasteiger charge is -2.46. The Kier molecular flexibility index (Phi) is 4.25. The fourth-order valence-corrected chi connectivity index (χ4v) is 4.49. The number of hydrogen-bond donors (Lipinski definition) is 0. The van der Waals surface area contributed by atoms with E-state index < -0.39 is 0 Å². The quantitative estimate of drug-likeness (QED) is 0.623. The van der Waals surface area contributed by atoms with E-state index in [0.29, 0.717) is 10.6 Å². The third kappa shape index (κ3) is 2.87. The number of anilines is 1. The molecule has 0 radical (unpaired) electrons. The molecule has 2 aliphatic heterocycles. The molecule has 1 unspecified atom stereocenters. The van der Waals surface area contributed by atoms with Crippen molar-refractivity contribution in [1.29, 1.82) is 0 Å². The van der Waals surface area contributed by atoms with Crippen LogP contribution in [0, 0.1) is 0 Å². The van der Waals surface area contributed by atoms with E-state index in [-0.39, 0.29) is 5.41 Å². The number of hydrogen-bond acceptors (Lipinski definition) is 3. The van der Waals surface area contributed by atoms with Crippen molar-refractivity contribution < 1.29 is 4.59 Å². The Balaban J connectivity index is 1.52. The minimum atomic E-state index is -0.0362. The van der Waals surface area contributed by atoms with E-state index in [1.807, 2.05) is 25.0 Å². The molecule has 29 heavy (non-hydrogen) atoms. The third-order valence-corrected chi connectivity index (χ3v) is 6.58. The van der Waals surface area contributed by atoms with Gasteiger partial charge >= 0.3 is 0 Å². The van der Waals surface area contributed by atoms with Crippen LogP contribution in [0.3, 0.4) is 0 Å². The van der Waals surface area contributed by atoms with E-state index in [1.54, 1.807) is 0 Å². The average molecular weight is 384 g/mol. The molecule has 1 aliphatic carbocycles. The summed E-state index contributed by atoms with van der Waals surface area (Å²) in [7, 11) is 0. The van der Waals surface area contributed by atoms with Gasteiger partial charge in [-0.05, 0) is 42.5 Å². The van der Waals surface area contributed by atoms with Gasteiger partial charge in [-0.2, -0.15) is 0 Å². The van der Waals surface area contributed by atoms with Crippen molar-refractivity contribution in [3.63, 3.8) is 0 Å². The maximum absolute atomic E-state index is 4.48. The van der Waals surface area contributed by atoms with Crippen LogP contribution < -0.4 is 5.01 Å². The minimum Gasteiger partial charge on any atom is -0.253 e. The second kappa shape index (κ2) is 6.82. The predicted octanol–water partition coefficient (Wildman–Crippen LogP) is 5.54. The van der Waals surface area contributed by atoms with Crippen LogP contribution in [-0.4, -0.2) is 23.2 Å². The number of nitrogens with zero attached hydrogens (tertiary/aromatic N) is 4. The van der Waals surface area contributed by atoms with Crippen LogP contribution in [-0.2, 0) is 5.41 Å². The molecular weight excluding hydrogens is 356 g/mol. The van der Waals surface area contributed by atoms with Crippen LogP contribution in [0.15, 0.2) is 88.9 Å². The molecule has 146 valence electrons. The van der Waals surface area contributed by atoms with Crippen molar-refractivity contribution >= 4 is 18.2 Å². The van der Waals surface area contributed by atoms with E-state index in [9.17, 15) is 0 Å². The topological polar surface area (TPSA) is 28.0 Å². The Morgan fingerprint density at radius 3 is 2.34 bits per heavy atom. The highest BCUT2D eigenvalue weighted by atomic mass is 15.8. The van der Waals surface area contributed by atoms with Gasteiger partial charge in [-0.15, -0.1) is 4.59 Å². The van der Waals surface area contributed by atoms with Gasteiger partial charge in [0, 0.05) is 5.41 Å². The van der Waals surface area contributed by atoms with Gasteiger partial charge in [-0.3, -0.25) is 4.99 Å². The molecule has 0 bridgehead atoms. The Bertz CT molecular complexity index is 1010. The number of fused-ring (bicyclic) bond motifs is 1. The lowest BCUT2D eigenvalue weighted by molar-refractivity contribution is -0.746. The zero-order valence-electron chi connectivity index (χ0n) is 17.1. The Labute approximate surface area is 172 Å². The van der Waals surface area contributed by atoms with Gasteiger partial charge in [-0.1, -0.05) is 56.3 Å². The third-order valence-electron chi connectivity index (χ3n) is 6.58. The smallest absolute Gasteiger partial charge is 0.225 e. The van der Waals surface area contributed by atoms with Crippen LogP contribution in [0.1, 0.15) is 44.2 Å². The second-order valence-corrected chi connectivity index (χ2v) is 8.60. The largest absolute Gasteiger partial charge is 0.253 e. The van der Waals surface area contributed by atoms with Crippen LogP contribution >= 0.6 is 0 Å². The van der Waals surface area contributed by atoms with Crippen LogP contribution in [0.2, 0.25) is 0 Å². The number of rotatable bonds is 5. The van der Waals surface area contributed by atoms with E-state index >= 15 is 0 Å². The molecule has 1 atom stereocenters. The molecule has 4 heteroatoms. The highest BCUT2D eigenvalue weighted by molar-refractivity contribution is 5.82. The zero-order chi connectivity index (χ0) is 19.9. The molecule has 3 aliphatic rings. The number of aliphatic imine (C=N–C) groups is 2. The van der Waals surface area contributed by atoms with Gasteiger partial charge in [0.05, 0.1) is 30.3 Å². The summed E-state index contributed by atoms with van der Waals surface area (Å²) >= 11 is 0. The highest BCUT2D eigenvalue weighted by Crippen LogP contribution is 2.40. The van der Waals surface area contributed by atoms with Crippen molar-refractivity contribution in [3.05, 3.63) is 90.0 Å². The maximum Gasteiger partial charge on any atom is 0.225 e. The van der Waals surface area contributed by atoms with Crippen molar-refractivity contribution in [1.82, 2.24) is 0 Å². The standard InChI is InChI=1S/C25H27N4/c1-25(2,20-7-4-3-5-8-20)21-11-13-23(14-12-21)28(22-9-6-10-22)29-16-15-26-17-24(29)18-27-19-29/h3-5,7-8,11-19,22H,6,9-10H2,1-2H3/q+1. The molecular formula is C25H27N4+. The molecule has 1 saturated carbocycles. The normalized spacial score (nSPS) is 22.9. The number of benzene rings is 2. The fraction of sp³-hybridized carbons (Fsp3) is 0.280. The summed E-state index contributed by atoms with van der Waals surface area (Å²) in [4.78, 5) is 8.81. The molecule has 0 amide bonds.